The van der Waals surface area contributed by atoms with Gasteiger partial charge < -0.3 is 0 Å². The number of aromatic nitrogens is 1. The fourth-order valence-corrected chi connectivity index (χ4v) is 5.98. The third-order valence-corrected chi connectivity index (χ3v) is 8.38. The predicted molar refractivity (Wildman–Crippen MR) is 180 cm³/mol. The van der Waals surface area contributed by atoms with Crippen LogP contribution in [0.2, 0.25) is 0 Å². The van der Waals surface area contributed by atoms with E-state index in [1.54, 1.807) is 5.69 Å². The van der Waals surface area contributed by atoms with E-state index in [1.165, 1.54) is 185 Å². The van der Waals surface area contributed by atoms with E-state index in [0.717, 1.165) is 0 Å². The number of rotatable bonds is 27. The van der Waals surface area contributed by atoms with Crippen molar-refractivity contribution in [3.05, 3.63) is 29.1 Å². The molecule has 0 atom stereocenters. The molecule has 0 N–H and O–H groups in total. The van der Waals surface area contributed by atoms with Gasteiger partial charge in [0, 0.05) is 31.9 Å². The van der Waals surface area contributed by atoms with Gasteiger partial charge in [0.15, 0.2) is 11.4 Å². The second-order valence-corrected chi connectivity index (χ2v) is 15.1. The van der Waals surface area contributed by atoms with E-state index in [1.807, 2.05) is 0 Å². The van der Waals surface area contributed by atoms with Gasteiger partial charge in [-0.15, -0.1) is 0 Å². The topological polar surface area (TPSA) is 3.88 Å². The number of nitrogens with zero attached hydrogens (tertiary/aromatic N) is 1. The molecule has 0 unspecified atom stereocenters. The number of unbranched alkanes of at least 4 members (excludes halogenated alkanes) is 23. The molecule has 1 heterocycles. The molecule has 0 radical (unpaired) electrons. The summed E-state index contributed by atoms with van der Waals surface area (Å²) in [5, 5.41) is 0. The predicted octanol–water partition coefficient (Wildman–Crippen LogP) is 15.3. The SMILES string of the molecule is CCCCCCCCCCCCCCCc1cc(C)cc(C)[n+]1CCCCCCCCCCCCCC.F[P-](F)(F)(F)(F)F. The number of pyridine rings is 1. The minimum atomic E-state index is -10.7. The Labute approximate surface area is 267 Å². The molecule has 0 aliphatic heterocycles. The first kappa shape index (κ1) is 43.2. The summed E-state index contributed by atoms with van der Waals surface area (Å²) in [5.41, 5.74) is 4.49. The van der Waals surface area contributed by atoms with Crippen molar-refractivity contribution in [3.8, 4) is 0 Å². The maximum absolute atomic E-state index is 10.7. The van der Waals surface area contributed by atoms with Crippen LogP contribution in [0.1, 0.15) is 191 Å². The zero-order valence-corrected chi connectivity index (χ0v) is 29.8. The third-order valence-electron chi connectivity index (χ3n) is 8.38. The molecule has 8 heteroatoms. The second kappa shape index (κ2) is 23.5. The van der Waals surface area contributed by atoms with Crippen LogP contribution in [0.5, 0.6) is 0 Å². The molecule has 0 saturated carbocycles. The first-order chi connectivity index (χ1) is 20.6. The molecule has 44 heavy (non-hydrogen) atoms. The fourth-order valence-electron chi connectivity index (χ4n) is 5.98. The summed E-state index contributed by atoms with van der Waals surface area (Å²) in [6.07, 6.45) is 37.1. The van der Waals surface area contributed by atoms with Crippen molar-refractivity contribution in [1.29, 1.82) is 0 Å². The van der Waals surface area contributed by atoms with Crippen LogP contribution in [0.25, 0.3) is 0 Å². The molecule has 1 rings (SSSR count). The Morgan fingerprint density at radius 3 is 1.09 bits per heavy atom. The average Bonchev–Trinajstić information content (AvgIpc) is 2.91. The normalized spacial score (nSPS) is 13.3. The van der Waals surface area contributed by atoms with E-state index in [4.69, 9.17) is 0 Å². The van der Waals surface area contributed by atoms with Crippen molar-refractivity contribution in [3.63, 3.8) is 0 Å². The number of aryl methyl sites for hydroxylation is 3. The van der Waals surface area contributed by atoms with Gasteiger partial charge in [-0.05, 0) is 25.3 Å². The fraction of sp³-hybridized carbons (Fsp3) is 0.861. The van der Waals surface area contributed by atoms with Crippen molar-refractivity contribution in [1.82, 2.24) is 0 Å². The molecule has 0 aromatic carbocycles. The van der Waals surface area contributed by atoms with Crippen LogP contribution in [0.4, 0.5) is 25.2 Å². The summed E-state index contributed by atoms with van der Waals surface area (Å²) < 4.78 is 61.8. The van der Waals surface area contributed by atoms with Gasteiger partial charge in [0.05, 0.1) is 0 Å². The molecule has 0 bridgehead atoms. The second-order valence-electron chi connectivity index (χ2n) is 13.2. The van der Waals surface area contributed by atoms with E-state index in [-0.39, 0.29) is 0 Å². The maximum atomic E-state index is 9.87. The zero-order chi connectivity index (χ0) is 33.2. The first-order valence-electron chi connectivity index (χ1n) is 18.2. The van der Waals surface area contributed by atoms with Crippen LogP contribution in [-0.2, 0) is 13.0 Å². The molecule has 0 amide bonds. The quantitative estimate of drug-likeness (QED) is 0.0383. The van der Waals surface area contributed by atoms with Crippen molar-refractivity contribution < 1.29 is 29.7 Å². The van der Waals surface area contributed by atoms with Crippen LogP contribution in [0.15, 0.2) is 12.1 Å². The Balaban J connectivity index is 0.00000234. The summed E-state index contributed by atoms with van der Waals surface area (Å²) in [5.74, 6) is 0. The van der Waals surface area contributed by atoms with Crippen LogP contribution < -0.4 is 4.57 Å². The molecule has 0 aliphatic rings. The number of hydrogen-bond donors (Lipinski definition) is 0. The summed E-state index contributed by atoms with van der Waals surface area (Å²) >= 11 is 0. The van der Waals surface area contributed by atoms with Crippen LogP contribution in [0, 0.1) is 13.8 Å². The molecular formula is C36H68F6NP. The van der Waals surface area contributed by atoms with Gasteiger partial charge in [-0.1, -0.05) is 155 Å². The Bertz CT molecular complexity index is 815. The van der Waals surface area contributed by atoms with Gasteiger partial charge >= 0.3 is 33.0 Å². The molecule has 0 saturated heterocycles. The Morgan fingerprint density at radius 2 is 0.750 bits per heavy atom. The van der Waals surface area contributed by atoms with Crippen molar-refractivity contribution in [2.45, 2.75) is 201 Å². The molecule has 0 aliphatic carbocycles. The Kier molecular flexibility index (Phi) is 23.0. The van der Waals surface area contributed by atoms with Crippen molar-refractivity contribution >= 4 is 7.81 Å². The van der Waals surface area contributed by atoms with Gasteiger partial charge in [-0.2, -0.15) is 0 Å². The van der Waals surface area contributed by atoms with Gasteiger partial charge in [0.25, 0.3) is 0 Å². The molecule has 0 fully saturated rings. The summed E-state index contributed by atoms with van der Waals surface area (Å²) in [4.78, 5) is 0. The van der Waals surface area contributed by atoms with E-state index in [9.17, 15) is 25.2 Å². The van der Waals surface area contributed by atoms with Crippen molar-refractivity contribution in [2.24, 2.45) is 0 Å². The first-order valence-corrected chi connectivity index (χ1v) is 20.2. The Hall–Kier alpha value is -0.840. The van der Waals surface area contributed by atoms with Crippen molar-refractivity contribution in [2.75, 3.05) is 0 Å². The summed E-state index contributed by atoms with van der Waals surface area (Å²) in [6, 6.07) is 4.85. The van der Waals surface area contributed by atoms with Gasteiger partial charge in [-0.25, -0.2) is 4.57 Å². The Morgan fingerprint density at radius 1 is 0.455 bits per heavy atom. The molecular weight excluding hydrogens is 591 g/mol. The molecule has 264 valence electrons. The monoisotopic (exact) mass is 659 g/mol. The standard InChI is InChI=1S/C36H68N.F6P/c1-5-7-9-11-13-15-17-19-20-22-24-26-28-30-36-33-34(3)32-35(4)37(36)31-29-27-25-23-21-18-16-14-12-10-8-6-2;1-7(2,3,4,5)6/h32-33H,5-31H2,1-4H3;/q+1;-1. The molecule has 1 aromatic rings. The van der Waals surface area contributed by atoms with E-state index >= 15 is 0 Å². The van der Waals surface area contributed by atoms with Gasteiger partial charge in [-0.3, -0.25) is 0 Å². The third kappa shape index (κ3) is 34.0. The average molecular weight is 660 g/mol. The zero-order valence-electron chi connectivity index (χ0n) is 28.9. The summed E-state index contributed by atoms with van der Waals surface area (Å²) in [6.45, 7) is 10.4. The number of hydrogen-bond acceptors (Lipinski definition) is 0. The van der Waals surface area contributed by atoms with Crippen LogP contribution >= 0.6 is 7.81 Å². The van der Waals surface area contributed by atoms with Crippen LogP contribution in [-0.4, -0.2) is 0 Å². The van der Waals surface area contributed by atoms with E-state index in [0.29, 0.717) is 0 Å². The van der Waals surface area contributed by atoms with E-state index in [2.05, 4.69) is 44.4 Å². The van der Waals surface area contributed by atoms with Gasteiger partial charge in [0.1, 0.15) is 6.54 Å². The number of halogens is 6. The molecule has 1 aromatic heterocycles. The van der Waals surface area contributed by atoms with Gasteiger partial charge in [0.2, 0.25) is 0 Å². The molecule has 0 spiro atoms. The van der Waals surface area contributed by atoms with E-state index < -0.39 is 7.81 Å². The minimum absolute atomic E-state index is 1.22. The molecule has 1 nitrogen and oxygen atoms in total. The summed E-state index contributed by atoms with van der Waals surface area (Å²) in [7, 11) is -10.7. The van der Waals surface area contributed by atoms with Crippen LogP contribution in [0.3, 0.4) is 0 Å².